The van der Waals surface area contributed by atoms with E-state index in [0.29, 0.717) is 19.3 Å². The third-order valence-corrected chi connectivity index (χ3v) is 13.6. The normalized spacial score (nSPS) is 12.5. The molecule has 6 nitrogen and oxygen atoms in total. The highest BCUT2D eigenvalue weighted by molar-refractivity contribution is 5.71. The fourth-order valence-corrected chi connectivity index (χ4v) is 8.84. The Morgan fingerprint density at radius 1 is 0.328 bits per heavy atom. The highest BCUT2D eigenvalue weighted by Gasteiger charge is 2.19. The van der Waals surface area contributed by atoms with Crippen LogP contribution in [0.1, 0.15) is 324 Å². The van der Waals surface area contributed by atoms with Gasteiger partial charge in [0.15, 0.2) is 6.10 Å². The molecule has 0 bridgehead atoms. The van der Waals surface area contributed by atoms with Crippen LogP contribution >= 0.6 is 0 Å². The molecule has 0 rings (SSSR count). The second kappa shape index (κ2) is 50.8. The van der Waals surface area contributed by atoms with Crippen molar-refractivity contribution in [1.29, 1.82) is 0 Å². The van der Waals surface area contributed by atoms with Gasteiger partial charge in [-0.25, -0.2) is 0 Å². The number of rotatable bonds is 52. The molecular formula is C58H112O6. The molecule has 0 radical (unpaired) electrons. The first-order chi connectivity index (χ1) is 31.3. The van der Waals surface area contributed by atoms with Crippen LogP contribution in [0, 0.1) is 11.8 Å². The Morgan fingerprint density at radius 3 is 0.891 bits per heavy atom. The first-order valence-electron chi connectivity index (χ1n) is 28.8. The zero-order valence-corrected chi connectivity index (χ0v) is 43.9. The van der Waals surface area contributed by atoms with Crippen LogP contribution in [-0.4, -0.2) is 37.2 Å². The van der Waals surface area contributed by atoms with Crippen LogP contribution < -0.4 is 0 Å². The first-order valence-corrected chi connectivity index (χ1v) is 28.8. The van der Waals surface area contributed by atoms with Crippen LogP contribution in [0.15, 0.2) is 0 Å². The lowest BCUT2D eigenvalue weighted by Gasteiger charge is -2.18. The van der Waals surface area contributed by atoms with Crippen molar-refractivity contribution >= 4 is 17.9 Å². The summed E-state index contributed by atoms with van der Waals surface area (Å²) in [4.78, 5) is 38.1. The van der Waals surface area contributed by atoms with E-state index in [1.165, 1.54) is 212 Å². The van der Waals surface area contributed by atoms with Gasteiger partial charge in [0, 0.05) is 19.3 Å². The molecule has 380 valence electrons. The van der Waals surface area contributed by atoms with Gasteiger partial charge in [0.25, 0.3) is 0 Å². The van der Waals surface area contributed by atoms with Crippen molar-refractivity contribution in [3.63, 3.8) is 0 Å². The molecule has 0 aliphatic carbocycles. The van der Waals surface area contributed by atoms with E-state index in [2.05, 4.69) is 34.6 Å². The molecule has 0 aromatic rings. The molecule has 0 aliphatic heterocycles. The summed E-state index contributed by atoms with van der Waals surface area (Å²) in [5, 5.41) is 0. The summed E-state index contributed by atoms with van der Waals surface area (Å²) in [5.41, 5.74) is 0. The highest BCUT2D eigenvalue weighted by Crippen LogP contribution is 2.18. The Balaban J connectivity index is 4.28. The maximum Gasteiger partial charge on any atom is 0.306 e. The van der Waals surface area contributed by atoms with Gasteiger partial charge in [-0.3, -0.25) is 14.4 Å². The molecule has 0 amide bonds. The molecule has 0 saturated heterocycles. The molecule has 6 heteroatoms. The quantitative estimate of drug-likeness (QED) is 0.0344. The molecule has 1 unspecified atom stereocenters. The average Bonchev–Trinajstić information content (AvgIpc) is 3.28. The second-order valence-electron chi connectivity index (χ2n) is 20.6. The van der Waals surface area contributed by atoms with E-state index in [9.17, 15) is 14.4 Å². The van der Waals surface area contributed by atoms with E-state index >= 15 is 0 Å². The summed E-state index contributed by atoms with van der Waals surface area (Å²) < 4.78 is 16.9. The van der Waals surface area contributed by atoms with Crippen molar-refractivity contribution in [3.05, 3.63) is 0 Å². The van der Waals surface area contributed by atoms with Gasteiger partial charge in [0.2, 0.25) is 0 Å². The Morgan fingerprint density at radius 2 is 0.594 bits per heavy atom. The summed E-state index contributed by atoms with van der Waals surface area (Å²) in [6, 6.07) is 0. The summed E-state index contributed by atoms with van der Waals surface area (Å²) >= 11 is 0. The lowest BCUT2D eigenvalue weighted by molar-refractivity contribution is -0.167. The van der Waals surface area contributed by atoms with E-state index < -0.39 is 6.10 Å². The largest absolute Gasteiger partial charge is 0.462 e. The van der Waals surface area contributed by atoms with Crippen LogP contribution in [0.2, 0.25) is 0 Å². The SMILES string of the molecule is CCCCCCCCCCCCCCCCCCCCC(=O)OC[C@H](COC(=O)CCCCCCCCCCC(C)CC)OC(=O)CCCCCCCCCCCCCCCC(C)C. The Bertz CT molecular complexity index is 980. The zero-order chi connectivity index (χ0) is 46.8. The summed E-state index contributed by atoms with van der Waals surface area (Å²) in [7, 11) is 0. The molecule has 2 atom stereocenters. The van der Waals surface area contributed by atoms with Crippen molar-refractivity contribution < 1.29 is 28.6 Å². The molecule has 64 heavy (non-hydrogen) atoms. The van der Waals surface area contributed by atoms with Gasteiger partial charge in [-0.15, -0.1) is 0 Å². The Kier molecular flexibility index (Phi) is 49.6. The third kappa shape index (κ3) is 49.8. The van der Waals surface area contributed by atoms with Crippen molar-refractivity contribution in [1.82, 2.24) is 0 Å². The number of carbonyl (C=O) groups is 3. The monoisotopic (exact) mass is 905 g/mol. The van der Waals surface area contributed by atoms with E-state index in [-0.39, 0.29) is 31.1 Å². The standard InChI is InChI=1S/C58H112O6/c1-6-8-9-10-11-12-13-14-15-16-17-18-21-24-27-33-38-43-48-56(59)62-51-55(52-63-57(60)49-44-39-34-30-29-32-37-42-47-54(5)7-2)64-58(61)50-45-40-35-28-25-22-19-20-23-26-31-36-41-46-53(3)4/h53-55H,6-52H2,1-5H3/t54?,55-/m1/s1. The molecule has 0 N–H and O–H groups in total. The smallest absolute Gasteiger partial charge is 0.306 e. The molecular weight excluding hydrogens is 793 g/mol. The van der Waals surface area contributed by atoms with Crippen LogP contribution in [0.5, 0.6) is 0 Å². The Hall–Kier alpha value is -1.59. The molecule has 0 saturated carbocycles. The summed E-state index contributed by atoms with van der Waals surface area (Å²) in [6.07, 6.45) is 53.8. The lowest BCUT2D eigenvalue weighted by atomic mass is 9.99. The third-order valence-electron chi connectivity index (χ3n) is 13.6. The number of hydrogen-bond donors (Lipinski definition) is 0. The van der Waals surface area contributed by atoms with Gasteiger partial charge in [-0.1, -0.05) is 285 Å². The maximum atomic E-state index is 12.8. The van der Waals surface area contributed by atoms with Crippen molar-refractivity contribution in [2.75, 3.05) is 13.2 Å². The van der Waals surface area contributed by atoms with Gasteiger partial charge in [0.05, 0.1) is 0 Å². The van der Waals surface area contributed by atoms with Crippen LogP contribution in [-0.2, 0) is 28.6 Å². The molecule has 0 aromatic carbocycles. The van der Waals surface area contributed by atoms with Crippen molar-refractivity contribution in [2.45, 2.75) is 330 Å². The first kappa shape index (κ1) is 62.4. The van der Waals surface area contributed by atoms with Gasteiger partial charge in [-0.2, -0.15) is 0 Å². The van der Waals surface area contributed by atoms with Gasteiger partial charge in [0.1, 0.15) is 13.2 Å². The summed E-state index contributed by atoms with van der Waals surface area (Å²) in [6.45, 7) is 11.4. The van der Waals surface area contributed by atoms with Crippen molar-refractivity contribution in [2.24, 2.45) is 11.8 Å². The van der Waals surface area contributed by atoms with Crippen molar-refractivity contribution in [3.8, 4) is 0 Å². The number of hydrogen-bond acceptors (Lipinski definition) is 6. The van der Waals surface area contributed by atoms with E-state index in [4.69, 9.17) is 14.2 Å². The van der Waals surface area contributed by atoms with Gasteiger partial charge >= 0.3 is 17.9 Å². The molecule has 0 spiro atoms. The minimum absolute atomic E-state index is 0.0631. The van der Waals surface area contributed by atoms with Gasteiger partial charge in [-0.05, 0) is 31.1 Å². The lowest BCUT2D eigenvalue weighted by Crippen LogP contribution is -2.30. The number of carbonyl (C=O) groups excluding carboxylic acids is 3. The van der Waals surface area contributed by atoms with E-state index in [1.54, 1.807) is 0 Å². The van der Waals surface area contributed by atoms with E-state index in [1.807, 2.05) is 0 Å². The topological polar surface area (TPSA) is 78.9 Å². The number of unbranched alkanes of at least 4 members (excludes halogenated alkanes) is 36. The highest BCUT2D eigenvalue weighted by atomic mass is 16.6. The van der Waals surface area contributed by atoms with Crippen LogP contribution in [0.25, 0.3) is 0 Å². The van der Waals surface area contributed by atoms with Gasteiger partial charge < -0.3 is 14.2 Å². The zero-order valence-electron chi connectivity index (χ0n) is 43.9. The van der Waals surface area contributed by atoms with Crippen LogP contribution in [0.4, 0.5) is 0 Å². The molecule has 0 aromatic heterocycles. The second-order valence-corrected chi connectivity index (χ2v) is 20.6. The predicted octanol–water partition coefficient (Wildman–Crippen LogP) is 18.9. The average molecular weight is 906 g/mol. The molecule has 0 fully saturated rings. The fraction of sp³-hybridized carbons (Fsp3) is 0.948. The maximum absolute atomic E-state index is 12.8. The number of esters is 3. The minimum Gasteiger partial charge on any atom is -0.462 e. The predicted molar refractivity (Wildman–Crippen MR) is 275 cm³/mol. The molecule has 0 heterocycles. The van der Waals surface area contributed by atoms with E-state index in [0.717, 1.165) is 69.6 Å². The summed E-state index contributed by atoms with van der Waals surface area (Å²) in [5.74, 6) is 0.844. The fourth-order valence-electron chi connectivity index (χ4n) is 8.84. The number of ether oxygens (including phenoxy) is 3. The molecule has 0 aliphatic rings. The minimum atomic E-state index is -0.763. The Labute approximate surface area is 399 Å². The van der Waals surface area contributed by atoms with Crippen LogP contribution in [0.3, 0.4) is 0 Å².